The average Bonchev–Trinajstić information content (AvgIpc) is 2.31. The van der Waals surface area contributed by atoms with Gasteiger partial charge in [0, 0.05) is 12.0 Å². The lowest BCUT2D eigenvalue weighted by atomic mass is 10.1. The van der Waals surface area contributed by atoms with Crippen molar-refractivity contribution in [1.82, 2.24) is 0 Å². The van der Waals surface area contributed by atoms with E-state index >= 15 is 0 Å². The van der Waals surface area contributed by atoms with E-state index in [-0.39, 0.29) is 0 Å². The fourth-order valence-electron chi connectivity index (χ4n) is 1.01. The number of allylic oxidation sites excluding steroid dienone is 1. The Kier molecular flexibility index (Phi) is 2.92. The maximum absolute atomic E-state index is 11.3. The summed E-state index contributed by atoms with van der Waals surface area (Å²) < 4.78 is 3.21. The quantitative estimate of drug-likeness (QED) is 0.646. The molecule has 0 saturated carbocycles. The largest absolute Gasteiger partial charge is 0.497 e. The van der Waals surface area contributed by atoms with E-state index in [9.17, 15) is 4.79 Å². The highest BCUT2D eigenvalue weighted by Gasteiger charge is 2.35. The van der Waals surface area contributed by atoms with Crippen LogP contribution in [0.1, 0.15) is 13.3 Å². The zero-order valence-electron chi connectivity index (χ0n) is 6.36. The number of carbonyl (C=O) groups excluding carboxylic acids is 1. The maximum atomic E-state index is 11.3. The number of ketones is 1. The zero-order chi connectivity index (χ0) is 9.35. The van der Waals surface area contributed by atoms with Crippen LogP contribution in [0.2, 0.25) is 0 Å². The number of halogens is 3. The number of hydrogen-bond acceptors (Lipinski definition) is 2. The Balaban J connectivity index is 2.85. The summed E-state index contributed by atoms with van der Waals surface area (Å²) in [5.41, 5.74) is 0.481. The SMILES string of the molecule is CC1=C(C(=O)C(Cl)(Cl)Cl)CCO1. The van der Waals surface area contributed by atoms with E-state index < -0.39 is 9.58 Å². The minimum Gasteiger partial charge on any atom is -0.497 e. The lowest BCUT2D eigenvalue weighted by Crippen LogP contribution is -2.20. The number of ether oxygens (including phenoxy) is 1. The monoisotopic (exact) mass is 228 g/mol. The third-order valence-electron chi connectivity index (χ3n) is 1.63. The highest BCUT2D eigenvalue weighted by atomic mass is 35.6. The zero-order valence-corrected chi connectivity index (χ0v) is 8.63. The van der Waals surface area contributed by atoms with Crippen molar-refractivity contribution in [3.05, 3.63) is 11.3 Å². The first kappa shape index (κ1) is 10.2. The molecule has 2 nitrogen and oxygen atoms in total. The van der Waals surface area contributed by atoms with Crippen LogP contribution in [0.25, 0.3) is 0 Å². The predicted molar refractivity (Wildman–Crippen MR) is 48.6 cm³/mol. The van der Waals surface area contributed by atoms with Crippen LogP contribution in [0.5, 0.6) is 0 Å². The van der Waals surface area contributed by atoms with Crippen LogP contribution in [0.3, 0.4) is 0 Å². The van der Waals surface area contributed by atoms with Gasteiger partial charge in [-0.1, -0.05) is 34.8 Å². The van der Waals surface area contributed by atoms with Crippen LogP contribution in [-0.2, 0) is 9.53 Å². The van der Waals surface area contributed by atoms with Gasteiger partial charge in [0.1, 0.15) is 0 Å². The maximum Gasteiger partial charge on any atom is 0.253 e. The van der Waals surface area contributed by atoms with Gasteiger partial charge in [-0.25, -0.2) is 0 Å². The molecule has 0 unspecified atom stereocenters. The number of Topliss-reactive ketones (excluding diaryl/α,β-unsaturated/α-hetero) is 1. The topological polar surface area (TPSA) is 26.3 Å². The molecular formula is C7H7Cl3O2. The minimum absolute atomic E-state index is 0.481. The molecule has 68 valence electrons. The van der Waals surface area contributed by atoms with Gasteiger partial charge < -0.3 is 4.74 Å². The first-order valence-electron chi connectivity index (χ1n) is 3.37. The number of carbonyl (C=O) groups is 1. The molecule has 5 heteroatoms. The Morgan fingerprint density at radius 1 is 1.50 bits per heavy atom. The molecule has 0 aromatic carbocycles. The summed E-state index contributed by atoms with van der Waals surface area (Å²) >= 11 is 16.3. The van der Waals surface area contributed by atoms with Gasteiger partial charge in [0.05, 0.1) is 12.4 Å². The van der Waals surface area contributed by atoms with Crippen LogP contribution in [0.4, 0.5) is 0 Å². The van der Waals surface area contributed by atoms with Crippen LogP contribution in [0.15, 0.2) is 11.3 Å². The number of hydrogen-bond donors (Lipinski definition) is 0. The summed E-state index contributed by atoms with van der Waals surface area (Å²) in [5.74, 6) is 0.0776. The lowest BCUT2D eigenvalue weighted by Gasteiger charge is -2.09. The molecule has 0 aliphatic carbocycles. The van der Waals surface area contributed by atoms with E-state index in [1.165, 1.54) is 0 Å². The molecule has 0 N–H and O–H groups in total. The van der Waals surface area contributed by atoms with Crippen molar-refractivity contribution >= 4 is 40.6 Å². The Labute approximate surface area is 85.4 Å². The fraction of sp³-hybridized carbons (Fsp3) is 0.571. The molecule has 0 spiro atoms. The van der Waals surface area contributed by atoms with Crippen molar-refractivity contribution in [3.8, 4) is 0 Å². The van der Waals surface area contributed by atoms with E-state index in [1.54, 1.807) is 6.92 Å². The number of rotatable bonds is 1. The summed E-state index contributed by atoms with van der Waals surface area (Å²) in [6.45, 7) is 2.18. The first-order valence-corrected chi connectivity index (χ1v) is 4.50. The van der Waals surface area contributed by atoms with E-state index in [1.807, 2.05) is 0 Å². The Bertz CT molecular complexity index is 240. The smallest absolute Gasteiger partial charge is 0.253 e. The molecule has 0 amide bonds. The van der Waals surface area contributed by atoms with Crippen molar-refractivity contribution in [2.75, 3.05) is 6.61 Å². The summed E-state index contributed by atoms with van der Waals surface area (Å²) in [6, 6.07) is 0. The van der Waals surface area contributed by atoms with Crippen molar-refractivity contribution in [2.45, 2.75) is 17.1 Å². The molecule has 1 rings (SSSR count). The summed E-state index contributed by atoms with van der Waals surface area (Å²) in [7, 11) is 0. The first-order chi connectivity index (χ1) is 5.43. The van der Waals surface area contributed by atoms with Gasteiger partial charge in [0.2, 0.25) is 5.78 Å². The van der Waals surface area contributed by atoms with Crippen LogP contribution in [-0.4, -0.2) is 16.2 Å². The minimum atomic E-state index is -1.86. The third kappa shape index (κ3) is 2.06. The molecule has 0 fully saturated rings. The molecule has 0 radical (unpaired) electrons. The Morgan fingerprint density at radius 2 is 2.08 bits per heavy atom. The highest BCUT2D eigenvalue weighted by Crippen LogP contribution is 2.33. The molecule has 1 heterocycles. The molecule has 0 bridgehead atoms. The predicted octanol–water partition coefficient (Wildman–Crippen LogP) is 2.62. The fourth-order valence-corrected chi connectivity index (χ4v) is 1.36. The molecule has 0 aromatic rings. The van der Waals surface area contributed by atoms with Gasteiger partial charge >= 0.3 is 0 Å². The average molecular weight is 229 g/mol. The van der Waals surface area contributed by atoms with Crippen LogP contribution < -0.4 is 0 Å². The molecular weight excluding hydrogens is 222 g/mol. The molecule has 1 aliphatic rings. The molecule has 0 atom stereocenters. The van der Waals surface area contributed by atoms with Gasteiger partial charge in [-0.05, 0) is 6.92 Å². The number of alkyl halides is 3. The van der Waals surface area contributed by atoms with Crippen LogP contribution >= 0.6 is 34.8 Å². The van der Waals surface area contributed by atoms with Crippen molar-refractivity contribution < 1.29 is 9.53 Å². The van der Waals surface area contributed by atoms with E-state index in [4.69, 9.17) is 39.5 Å². The summed E-state index contributed by atoms with van der Waals surface area (Å²) in [5, 5.41) is 0. The summed E-state index contributed by atoms with van der Waals surface area (Å²) in [6.07, 6.45) is 0.526. The standard InChI is InChI=1S/C7H7Cl3O2/c1-4-5(2-3-12-4)6(11)7(8,9)10/h2-3H2,1H3. The lowest BCUT2D eigenvalue weighted by molar-refractivity contribution is -0.114. The Morgan fingerprint density at radius 3 is 2.42 bits per heavy atom. The van der Waals surface area contributed by atoms with Gasteiger partial charge in [0.15, 0.2) is 0 Å². The molecule has 12 heavy (non-hydrogen) atoms. The molecule has 0 saturated heterocycles. The van der Waals surface area contributed by atoms with Gasteiger partial charge in [-0.15, -0.1) is 0 Å². The van der Waals surface area contributed by atoms with Gasteiger partial charge in [-0.3, -0.25) is 4.79 Å². The normalized spacial score (nSPS) is 18.0. The second-order valence-electron chi connectivity index (χ2n) is 2.46. The van der Waals surface area contributed by atoms with Crippen LogP contribution in [0, 0.1) is 0 Å². The Hall–Kier alpha value is 0.0800. The van der Waals surface area contributed by atoms with E-state index in [0.717, 1.165) is 0 Å². The van der Waals surface area contributed by atoms with Crippen molar-refractivity contribution in [2.24, 2.45) is 0 Å². The molecule has 1 aliphatic heterocycles. The van der Waals surface area contributed by atoms with E-state index in [2.05, 4.69) is 0 Å². The van der Waals surface area contributed by atoms with Gasteiger partial charge in [-0.2, -0.15) is 0 Å². The second kappa shape index (κ2) is 3.44. The van der Waals surface area contributed by atoms with Gasteiger partial charge in [0.25, 0.3) is 3.79 Å². The second-order valence-corrected chi connectivity index (χ2v) is 4.74. The van der Waals surface area contributed by atoms with Crippen molar-refractivity contribution in [1.29, 1.82) is 0 Å². The highest BCUT2D eigenvalue weighted by molar-refractivity contribution is 6.77. The molecule has 0 aromatic heterocycles. The summed E-state index contributed by atoms with van der Waals surface area (Å²) in [4.78, 5) is 11.3. The van der Waals surface area contributed by atoms with Crippen molar-refractivity contribution in [3.63, 3.8) is 0 Å². The van der Waals surface area contributed by atoms with E-state index in [0.29, 0.717) is 24.4 Å². The third-order valence-corrected chi connectivity index (χ3v) is 2.14.